The van der Waals surface area contributed by atoms with Gasteiger partial charge in [-0.3, -0.25) is 9.59 Å². The number of hydrogen-bond donors (Lipinski definition) is 2. The number of carbonyl (C=O) groups is 4. The number of hydrogen-bond acceptors (Lipinski definition) is 8. The number of fused-ring (bicyclic) bond motifs is 2. The number of anilines is 2. The molecule has 0 atom stereocenters. The van der Waals surface area contributed by atoms with E-state index in [-0.39, 0.29) is 70.2 Å². The number of ketones is 2. The van der Waals surface area contributed by atoms with E-state index < -0.39 is 57.1 Å². The zero-order valence-electron chi connectivity index (χ0n) is 13.9. The van der Waals surface area contributed by atoms with Gasteiger partial charge in [-0.05, 0) is 0 Å². The molecule has 10 heteroatoms. The molecule has 0 fully saturated rings. The number of carboxylic acids is 2. The molecule has 0 saturated heterocycles. The monoisotopic (exact) mass is 370 g/mol. The number of nitrogens with two attached hydrogens (primary N) is 2. The molecule has 2 aromatic rings. The van der Waals surface area contributed by atoms with E-state index in [1.807, 2.05) is 0 Å². The van der Waals surface area contributed by atoms with E-state index in [4.69, 9.17) is 11.5 Å². The molecule has 2 aromatic carbocycles. The van der Waals surface area contributed by atoms with Crippen LogP contribution < -0.4 is 80.8 Å². The van der Waals surface area contributed by atoms with Gasteiger partial charge in [0.2, 0.25) is 0 Å². The molecular formula is C16H8N2Na2O6. The fourth-order valence-electron chi connectivity index (χ4n) is 2.83. The molecule has 0 aromatic heterocycles. The number of benzene rings is 2. The van der Waals surface area contributed by atoms with Crippen LogP contribution in [0.3, 0.4) is 0 Å². The minimum absolute atomic E-state index is 0. The predicted octanol–water partition coefficient (Wildman–Crippen LogP) is -7.64. The van der Waals surface area contributed by atoms with Crippen LogP contribution in [0.5, 0.6) is 0 Å². The molecule has 8 nitrogen and oxygen atoms in total. The quantitative estimate of drug-likeness (QED) is 0.331. The Morgan fingerprint density at radius 2 is 1.04 bits per heavy atom. The van der Waals surface area contributed by atoms with Gasteiger partial charge >= 0.3 is 59.1 Å². The maximum absolute atomic E-state index is 12.6. The van der Waals surface area contributed by atoms with Gasteiger partial charge in [0.15, 0.2) is 11.6 Å². The minimum atomic E-state index is -1.94. The van der Waals surface area contributed by atoms with Crippen molar-refractivity contribution in [3.63, 3.8) is 0 Å². The molecular weight excluding hydrogens is 362 g/mol. The topological polar surface area (TPSA) is 166 Å². The van der Waals surface area contributed by atoms with Crippen molar-refractivity contribution in [1.82, 2.24) is 0 Å². The summed E-state index contributed by atoms with van der Waals surface area (Å²) in [6.45, 7) is 0. The summed E-state index contributed by atoms with van der Waals surface area (Å²) in [5.74, 6) is -5.34. The second-order valence-electron chi connectivity index (χ2n) is 5.11. The summed E-state index contributed by atoms with van der Waals surface area (Å²) in [6, 6.07) is 5.78. The van der Waals surface area contributed by atoms with Gasteiger partial charge in [0.1, 0.15) is 0 Å². The number of aromatic carboxylic acids is 2. The number of rotatable bonds is 2. The SMILES string of the molecule is Nc1c(C(=O)[O-])c(C(=O)[O-])c(N)c2c1C(=O)c1ccccc1C2=O.[Na+].[Na+]. The van der Waals surface area contributed by atoms with Gasteiger partial charge < -0.3 is 31.3 Å². The van der Waals surface area contributed by atoms with E-state index in [0.717, 1.165) is 0 Å². The smallest absolute Gasteiger partial charge is 0.545 e. The van der Waals surface area contributed by atoms with Crippen molar-refractivity contribution in [3.05, 3.63) is 57.6 Å². The molecule has 0 bridgehead atoms. The van der Waals surface area contributed by atoms with Crippen molar-refractivity contribution in [2.45, 2.75) is 0 Å². The van der Waals surface area contributed by atoms with Gasteiger partial charge in [-0.1, -0.05) is 24.3 Å². The second kappa shape index (κ2) is 7.91. The first-order valence-corrected chi connectivity index (χ1v) is 6.63. The zero-order valence-corrected chi connectivity index (χ0v) is 17.9. The van der Waals surface area contributed by atoms with E-state index in [1.165, 1.54) is 24.3 Å². The molecule has 1 aliphatic carbocycles. The van der Waals surface area contributed by atoms with Crippen LogP contribution >= 0.6 is 0 Å². The summed E-state index contributed by atoms with van der Waals surface area (Å²) in [7, 11) is 0. The Labute approximate surface area is 191 Å². The van der Waals surface area contributed by atoms with Gasteiger partial charge in [0.25, 0.3) is 0 Å². The molecule has 3 rings (SSSR count). The van der Waals surface area contributed by atoms with Crippen molar-refractivity contribution in [2.75, 3.05) is 11.5 Å². The van der Waals surface area contributed by atoms with Gasteiger partial charge in [-0.25, -0.2) is 0 Å². The molecule has 120 valence electrons. The largest absolute Gasteiger partial charge is 1.00 e. The van der Waals surface area contributed by atoms with Crippen molar-refractivity contribution >= 4 is 34.9 Å². The zero-order chi connectivity index (χ0) is 17.8. The molecule has 26 heavy (non-hydrogen) atoms. The first kappa shape index (κ1) is 22.4. The van der Waals surface area contributed by atoms with E-state index >= 15 is 0 Å². The Kier molecular flexibility index (Phi) is 6.80. The van der Waals surface area contributed by atoms with Crippen molar-refractivity contribution < 1.29 is 88.5 Å². The molecule has 0 radical (unpaired) electrons. The summed E-state index contributed by atoms with van der Waals surface area (Å²) < 4.78 is 0. The number of carbonyl (C=O) groups excluding carboxylic acids is 4. The normalized spacial score (nSPS) is 11.5. The maximum Gasteiger partial charge on any atom is 1.00 e. The number of carboxylic acid groups (broad SMARTS) is 2. The van der Waals surface area contributed by atoms with E-state index in [2.05, 4.69) is 0 Å². The Morgan fingerprint density at radius 3 is 1.31 bits per heavy atom. The fraction of sp³-hybridized carbons (Fsp3) is 0. The number of nitrogen functional groups attached to an aromatic ring is 2. The van der Waals surface area contributed by atoms with Crippen LogP contribution in [0.15, 0.2) is 24.3 Å². The van der Waals surface area contributed by atoms with E-state index in [1.54, 1.807) is 0 Å². The summed E-state index contributed by atoms with van der Waals surface area (Å²) in [4.78, 5) is 47.8. The molecule has 0 spiro atoms. The first-order valence-electron chi connectivity index (χ1n) is 6.63. The Hall–Kier alpha value is -1.68. The van der Waals surface area contributed by atoms with E-state index in [9.17, 15) is 29.4 Å². The van der Waals surface area contributed by atoms with Crippen LogP contribution in [0.4, 0.5) is 11.4 Å². The second-order valence-corrected chi connectivity index (χ2v) is 5.11. The Balaban J connectivity index is 0.00000169. The van der Waals surface area contributed by atoms with Crippen LogP contribution in [0.2, 0.25) is 0 Å². The molecule has 0 unspecified atom stereocenters. The van der Waals surface area contributed by atoms with Crippen LogP contribution in [0.1, 0.15) is 52.6 Å². The van der Waals surface area contributed by atoms with E-state index in [0.29, 0.717) is 0 Å². The standard InChI is InChI=1S/C16H10N2O6.2Na/c17-11-7-8(12(18)10(16(23)24)9(11)15(21)22)14(20)6-4-2-1-3-5(6)13(7)19;;/h1-4H,17-18H2,(H,21,22)(H,23,24);;/q;2*+1/p-2. The van der Waals surface area contributed by atoms with Crippen LogP contribution in [-0.4, -0.2) is 23.5 Å². The Morgan fingerprint density at radius 1 is 0.731 bits per heavy atom. The fourth-order valence-corrected chi connectivity index (χ4v) is 2.83. The summed E-state index contributed by atoms with van der Waals surface area (Å²) >= 11 is 0. The molecule has 4 N–H and O–H groups in total. The van der Waals surface area contributed by atoms with Crippen molar-refractivity contribution in [3.8, 4) is 0 Å². The average Bonchev–Trinajstić information content (AvgIpc) is 2.53. The van der Waals surface area contributed by atoms with Crippen molar-refractivity contribution in [2.24, 2.45) is 0 Å². The molecule has 0 aliphatic heterocycles. The van der Waals surface area contributed by atoms with Gasteiger partial charge in [0, 0.05) is 22.3 Å². The summed E-state index contributed by atoms with van der Waals surface area (Å²) in [5, 5.41) is 22.6. The molecule has 0 amide bonds. The minimum Gasteiger partial charge on any atom is -0.545 e. The third kappa shape index (κ3) is 3.09. The predicted molar refractivity (Wildman–Crippen MR) is 77.2 cm³/mol. The molecule has 0 heterocycles. The molecule has 0 saturated carbocycles. The first-order chi connectivity index (χ1) is 11.3. The average molecular weight is 370 g/mol. The van der Waals surface area contributed by atoms with Crippen LogP contribution in [-0.2, 0) is 0 Å². The third-order valence-corrected chi connectivity index (χ3v) is 3.86. The summed E-state index contributed by atoms with van der Waals surface area (Å²) in [6.07, 6.45) is 0. The van der Waals surface area contributed by atoms with Crippen LogP contribution in [0.25, 0.3) is 0 Å². The van der Waals surface area contributed by atoms with Gasteiger partial charge in [-0.2, -0.15) is 0 Å². The van der Waals surface area contributed by atoms with Gasteiger partial charge in [0.05, 0.1) is 34.4 Å². The Bertz CT molecular complexity index is 909. The van der Waals surface area contributed by atoms with Crippen LogP contribution in [0, 0.1) is 0 Å². The maximum atomic E-state index is 12.6. The third-order valence-electron chi connectivity index (χ3n) is 3.86. The summed E-state index contributed by atoms with van der Waals surface area (Å²) in [5.41, 5.74) is 7.18. The van der Waals surface area contributed by atoms with Gasteiger partial charge in [-0.15, -0.1) is 0 Å². The molecule has 1 aliphatic rings. The van der Waals surface area contributed by atoms with Crippen molar-refractivity contribution in [1.29, 1.82) is 0 Å².